The second kappa shape index (κ2) is 8.37. The van der Waals surface area contributed by atoms with Crippen molar-refractivity contribution in [2.45, 2.75) is 26.4 Å². The van der Waals surface area contributed by atoms with E-state index >= 15 is 0 Å². The van der Waals surface area contributed by atoms with E-state index in [1.165, 1.54) is 16.8 Å². The monoisotopic (exact) mass is 351 g/mol. The molecule has 0 bridgehead atoms. The van der Waals surface area contributed by atoms with Crippen molar-refractivity contribution in [2.24, 2.45) is 0 Å². The molecule has 1 amide bonds. The molecular weight excluding hydrogens is 322 g/mol. The van der Waals surface area contributed by atoms with E-state index in [0.717, 1.165) is 26.2 Å². The molecule has 26 heavy (non-hydrogen) atoms. The molecule has 1 saturated heterocycles. The first-order chi connectivity index (χ1) is 12.6. The van der Waals surface area contributed by atoms with Crippen molar-refractivity contribution in [3.05, 3.63) is 65.7 Å². The van der Waals surface area contributed by atoms with Crippen molar-refractivity contribution < 1.29 is 4.79 Å². The number of rotatable bonds is 5. The maximum absolute atomic E-state index is 12.8. The van der Waals surface area contributed by atoms with Crippen molar-refractivity contribution >= 4 is 11.6 Å². The summed E-state index contributed by atoms with van der Waals surface area (Å²) in [6.07, 6.45) is 0. The molecule has 1 atom stereocenters. The van der Waals surface area contributed by atoms with Crippen LogP contribution in [0, 0.1) is 6.92 Å². The highest BCUT2D eigenvalue weighted by Gasteiger charge is 2.27. The molecule has 0 spiro atoms. The number of carbonyl (C=O) groups is 1. The molecule has 3 rings (SSSR count). The zero-order valence-corrected chi connectivity index (χ0v) is 16.1. The summed E-state index contributed by atoms with van der Waals surface area (Å²) in [6.45, 7) is 8.61. The van der Waals surface area contributed by atoms with E-state index in [0.29, 0.717) is 6.54 Å². The number of nitrogens with zero attached hydrogens (tertiary/aromatic N) is 3. The topological polar surface area (TPSA) is 26.8 Å². The average Bonchev–Trinajstić information content (AvgIpc) is 2.68. The van der Waals surface area contributed by atoms with Crippen molar-refractivity contribution in [3.8, 4) is 0 Å². The Labute approximate surface area is 157 Å². The highest BCUT2D eigenvalue weighted by molar-refractivity contribution is 5.81. The lowest BCUT2D eigenvalue weighted by Crippen LogP contribution is -2.54. The molecule has 0 radical (unpaired) electrons. The van der Waals surface area contributed by atoms with Crippen LogP contribution in [0.2, 0.25) is 0 Å². The number of benzene rings is 2. The maximum atomic E-state index is 12.8. The van der Waals surface area contributed by atoms with Crippen LogP contribution in [0.3, 0.4) is 0 Å². The molecule has 0 aliphatic carbocycles. The van der Waals surface area contributed by atoms with Crippen molar-refractivity contribution in [3.63, 3.8) is 0 Å². The first-order valence-electron chi connectivity index (χ1n) is 9.40. The van der Waals surface area contributed by atoms with Gasteiger partial charge in [-0.3, -0.25) is 9.69 Å². The third-order valence-electron chi connectivity index (χ3n) is 5.31. The number of carbonyl (C=O) groups excluding carboxylic acids is 1. The number of piperazine rings is 1. The van der Waals surface area contributed by atoms with Crippen LogP contribution < -0.4 is 4.90 Å². The quantitative estimate of drug-likeness (QED) is 0.828. The predicted octanol–water partition coefficient (Wildman–Crippen LogP) is 3.16. The van der Waals surface area contributed by atoms with Crippen LogP contribution in [0.5, 0.6) is 0 Å². The van der Waals surface area contributed by atoms with Gasteiger partial charge in [0, 0.05) is 45.5 Å². The number of likely N-dealkylation sites (N-methyl/N-ethyl adjacent to an activating group) is 1. The van der Waals surface area contributed by atoms with E-state index in [1.54, 1.807) is 0 Å². The van der Waals surface area contributed by atoms with Crippen LogP contribution in [-0.2, 0) is 11.3 Å². The Balaban J connectivity index is 1.55. The van der Waals surface area contributed by atoms with E-state index in [-0.39, 0.29) is 11.9 Å². The van der Waals surface area contributed by atoms with Crippen LogP contribution in [0.25, 0.3) is 0 Å². The minimum Gasteiger partial charge on any atom is -0.369 e. The second-order valence-corrected chi connectivity index (χ2v) is 7.17. The van der Waals surface area contributed by atoms with Crippen molar-refractivity contribution in [1.82, 2.24) is 9.80 Å². The minimum atomic E-state index is -0.0808. The van der Waals surface area contributed by atoms with E-state index < -0.39 is 0 Å². The number of hydrogen-bond donors (Lipinski definition) is 0. The molecular formula is C22H29N3O. The summed E-state index contributed by atoms with van der Waals surface area (Å²) in [7, 11) is 1.90. The smallest absolute Gasteiger partial charge is 0.239 e. The Kier molecular flexibility index (Phi) is 5.94. The van der Waals surface area contributed by atoms with Gasteiger partial charge in [-0.25, -0.2) is 0 Å². The van der Waals surface area contributed by atoms with Gasteiger partial charge in [0.05, 0.1) is 6.04 Å². The fraction of sp³-hybridized carbons (Fsp3) is 0.409. The van der Waals surface area contributed by atoms with Gasteiger partial charge in [0.1, 0.15) is 0 Å². The summed E-state index contributed by atoms with van der Waals surface area (Å²) in [5.41, 5.74) is 3.79. The lowest BCUT2D eigenvalue weighted by atomic mass is 10.1. The van der Waals surface area contributed by atoms with Gasteiger partial charge in [-0.1, -0.05) is 48.5 Å². The third-order valence-corrected chi connectivity index (χ3v) is 5.31. The van der Waals surface area contributed by atoms with E-state index in [1.807, 2.05) is 37.1 Å². The predicted molar refractivity (Wildman–Crippen MR) is 107 cm³/mol. The van der Waals surface area contributed by atoms with Gasteiger partial charge in [-0.15, -0.1) is 0 Å². The van der Waals surface area contributed by atoms with Crippen LogP contribution in [0.4, 0.5) is 5.69 Å². The lowest BCUT2D eigenvalue weighted by molar-refractivity contribution is -0.135. The van der Waals surface area contributed by atoms with Gasteiger partial charge in [-0.2, -0.15) is 0 Å². The van der Waals surface area contributed by atoms with E-state index in [2.05, 4.69) is 53.1 Å². The molecule has 0 saturated carbocycles. The van der Waals surface area contributed by atoms with Gasteiger partial charge in [-0.05, 0) is 31.0 Å². The highest BCUT2D eigenvalue weighted by Crippen LogP contribution is 2.21. The molecule has 1 fully saturated rings. The molecule has 4 nitrogen and oxygen atoms in total. The molecule has 1 heterocycles. The first kappa shape index (κ1) is 18.5. The number of para-hydroxylation sites is 1. The minimum absolute atomic E-state index is 0.0808. The van der Waals surface area contributed by atoms with Crippen molar-refractivity contribution in [1.29, 1.82) is 0 Å². The Bertz CT molecular complexity index is 723. The largest absolute Gasteiger partial charge is 0.369 e. The zero-order valence-electron chi connectivity index (χ0n) is 16.1. The normalized spacial score (nSPS) is 16.3. The van der Waals surface area contributed by atoms with Gasteiger partial charge in [0.15, 0.2) is 0 Å². The molecule has 2 aromatic carbocycles. The Morgan fingerprint density at radius 3 is 2.27 bits per heavy atom. The van der Waals surface area contributed by atoms with E-state index in [4.69, 9.17) is 0 Å². The summed E-state index contributed by atoms with van der Waals surface area (Å²) < 4.78 is 0. The summed E-state index contributed by atoms with van der Waals surface area (Å²) in [6, 6.07) is 18.6. The summed E-state index contributed by atoms with van der Waals surface area (Å²) >= 11 is 0. The number of amides is 1. The molecule has 1 aliphatic rings. The fourth-order valence-corrected chi connectivity index (χ4v) is 3.68. The standard InChI is InChI=1S/C22H29N3O/c1-18-9-7-8-12-21(18)25-15-13-24(14-16-25)19(2)22(26)23(3)17-20-10-5-4-6-11-20/h4-12,19H,13-17H2,1-3H3/t19-/m0/s1. The number of hydrogen-bond acceptors (Lipinski definition) is 3. The van der Waals surface area contributed by atoms with Crippen LogP contribution in [-0.4, -0.2) is 55.0 Å². The fourth-order valence-electron chi connectivity index (χ4n) is 3.68. The Morgan fingerprint density at radius 1 is 1.00 bits per heavy atom. The maximum Gasteiger partial charge on any atom is 0.239 e. The zero-order chi connectivity index (χ0) is 18.5. The van der Waals surface area contributed by atoms with Gasteiger partial charge >= 0.3 is 0 Å². The lowest BCUT2D eigenvalue weighted by Gasteiger charge is -2.40. The van der Waals surface area contributed by atoms with Crippen LogP contribution in [0.15, 0.2) is 54.6 Å². The molecule has 0 unspecified atom stereocenters. The number of anilines is 1. The highest BCUT2D eigenvalue weighted by atomic mass is 16.2. The molecule has 1 aliphatic heterocycles. The summed E-state index contributed by atoms with van der Waals surface area (Å²) in [5, 5.41) is 0. The molecule has 4 heteroatoms. The summed E-state index contributed by atoms with van der Waals surface area (Å²) in [4.78, 5) is 19.4. The van der Waals surface area contributed by atoms with E-state index in [9.17, 15) is 4.79 Å². The van der Waals surface area contributed by atoms with Crippen molar-refractivity contribution in [2.75, 3.05) is 38.1 Å². The van der Waals surface area contributed by atoms with Gasteiger partial charge in [0.2, 0.25) is 5.91 Å². The SMILES string of the molecule is Cc1ccccc1N1CCN([C@@H](C)C(=O)N(C)Cc2ccccc2)CC1. The number of aryl methyl sites for hydroxylation is 1. The Morgan fingerprint density at radius 2 is 1.62 bits per heavy atom. The second-order valence-electron chi connectivity index (χ2n) is 7.17. The summed E-state index contributed by atoms with van der Waals surface area (Å²) in [5.74, 6) is 0.193. The van der Waals surface area contributed by atoms with Crippen LogP contribution in [0.1, 0.15) is 18.1 Å². The third kappa shape index (κ3) is 4.25. The first-order valence-corrected chi connectivity index (χ1v) is 9.40. The Hall–Kier alpha value is -2.33. The molecule has 2 aromatic rings. The van der Waals surface area contributed by atoms with Crippen LogP contribution >= 0.6 is 0 Å². The molecule has 138 valence electrons. The molecule has 0 aromatic heterocycles. The van der Waals surface area contributed by atoms with Gasteiger partial charge < -0.3 is 9.80 Å². The molecule has 0 N–H and O–H groups in total. The average molecular weight is 351 g/mol. The van der Waals surface area contributed by atoms with Gasteiger partial charge in [0.25, 0.3) is 0 Å².